The highest BCUT2D eigenvalue weighted by atomic mass is 35.5. The van der Waals surface area contributed by atoms with Gasteiger partial charge in [-0.2, -0.15) is 11.8 Å². The molecule has 0 radical (unpaired) electrons. The molecule has 1 saturated carbocycles. The lowest BCUT2D eigenvalue weighted by molar-refractivity contribution is 0.00732. The van der Waals surface area contributed by atoms with E-state index >= 15 is 0 Å². The number of halogens is 2. The van der Waals surface area contributed by atoms with Gasteiger partial charge in [0.15, 0.2) is 0 Å². The highest BCUT2D eigenvalue weighted by Gasteiger charge is 2.25. The van der Waals surface area contributed by atoms with Crippen molar-refractivity contribution in [2.24, 2.45) is 0 Å². The minimum absolute atomic E-state index is 0.317. The van der Waals surface area contributed by atoms with E-state index < -0.39 is 0 Å². The van der Waals surface area contributed by atoms with E-state index in [1.807, 2.05) is 30.0 Å². The molecule has 124 valence electrons. The predicted molar refractivity (Wildman–Crippen MR) is 98.5 cm³/mol. The largest absolute Gasteiger partial charge is 0.376 e. The smallest absolute Gasteiger partial charge is 0.0728 e. The van der Waals surface area contributed by atoms with E-state index in [0.717, 1.165) is 40.7 Å². The van der Waals surface area contributed by atoms with E-state index in [4.69, 9.17) is 27.9 Å². The first-order valence-electron chi connectivity index (χ1n) is 7.99. The van der Waals surface area contributed by atoms with Gasteiger partial charge in [0.1, 0.15) is 0 Å². The lowest BCUT2D eigenvalue weighted by Gasteiger charge is -2.32. The average Bonchev–Trinajstić information content (AvgIpc) is 2.52. The van der Waals surface area contributed by atoms with Crippen molar-refractivity contribution in [2.45, 2.75) is 44.2 Å². The Bertz CT molecular complexity index is 438. The zero-order valence-corrected chi connectivity index (χ0v) is 15.4. The number of nitrogens with one attached hydrogen (secondary N) is 1. The number of hydrogen-bond acceptors (Lipinski definition) is 3. The Morgan fingerprint density at radius 3 is 2.68 bits per heavy atom. The molecule has 1 aliphatic rings. The SMILES string of the molecule is CSCCN[C@@H]1CCCCC1OCCc1c(Cl)cccc1Cl. The molecule has 0 heterocycles. The maximum absolute atomic E-state index is 6.21. The van der Waals surface area contributed by atoms with Crippen LogP contribution in [0, 0.1) is 0 Å². The molecule has 2 nitrogen and oxygen atoms in total. The summed E-state index contributed by atoms with van der Waals surface area (Å²) < 4.78 is 6.15. The van der Waals surface area contributed by atoms with Crippen LogP contribution in [-0.2, 0) is 11.2 Å². The average molecular weight is 362 g/mol. The Morgan fingerprint density at radius 1 is 1.23 bits per heavy atom. The molecule has 0 spiro atoms. The summed E-state index contributed by atoms with van der Waals surface area (Å²) in [5, 5.41) is 5.11. The lowest BCUT2D eigenvalue weighted by atomic mass is 9.92. The Hall–Kier alpha value is 0.0700. The van der Waals surface area contributed by atoms with Gasteiger partial charge in [0, 0.05) is 28.4 Å². The summed E-state index contributed by atoms with van der Waals surface area (Å²) >= 11 is 14.3. The highest BCUT2D eigenvalue weighted by molar-refractivity contribution is 7.98. The van der Waals surface area contributed by atoms with Crippen LogP contribution < -0.4 is 5.32 Å². The van der Waals surface area contributed by atoms with Gasteiger partial charge < -0.3 is 10.1 Å². The van der Waals surface area contributed by atoms with Gasteiger partial charge in [0.2, 0.25) is 0 Å². The van der Waals surface area contributed by atoms with Gasteiger partial charge in [-0.15, -0.1) is 0 Å². The Labute approximate surface area is 148 Å². The second-order valence-corrected chi connectivity index (χ2v) is 7.50. The Morgan fingerprint density at radius 2 is 1.95 bits per heavy atom. The molecule has 2 atom stereocenters. The van der Waals surface area contributed by atoms with E-state index in [-0.39, 0.29) is 0 Å². The molecule has 1 N–H and O–H groups in total. The number of hydrogen-bond donors (Lipinski definition) is 1. The summed E-state index contributed by atoms with van der Waals surface area (Å²) in [5.41, 5.74) is 0.994. The van der Waals surface area contributed by atoms with Gasteiger partial charge in [-0.25, -0.2) is 0 Å². The summed E-state index contributed by atoms with van der Waals surface area (Å²) in [5.74, 6) is 1.15. The molecule has 5 heteroatoms. The van der Waals surface area contributed by atoms with Crippen LogP contribution in [0.25, 0.3) is 0 Å². The zero-order chi connectivity index (χ0) is 15.8. The maximum atomic E-state index is 6.21. The summed E-state index contributed by atoms with van der Waals surface area (Å²) in [6.07, 6.45) is 8.15. The van der Waals surface area contributed by atoms with Crippen molar-refractivity contribution in [3.63, 3.8) is 0 Å². The first-order valence-corrected chi connectivity index (χ1v) is 10.1. The quantitative estimate of drug-likeness (QED) is 0.670. The van der Waals surface area contributed by atoms with Crippen molar-refractivity contribution >= 4 is 35.0 Å². The second-order valence-electron chi connectivity index (χ2n) is 5.70. The van der Waals surface area contributed by atoms with Crippen LogP contribution in [0.1, 0.15) is 31.2 Å². The summed E-state index contributed by atoms with van der Waals surface area (Å²) in [6, 6.07) is 6.14. The molecule has 0 saturated heterocycles. The molecule has 1 aromatic rings. The van der Waals surface area contributed by atoms with E-state index in [0.29, 0.717) is 18.8 Å². The van der Waals surface area contributed by atoms with Crippen LogP contribution in [0.15, 0.2) is 18.2 Å². The number of thioether (sulfide) groups is 1. The van der Waals surface area contributed by atoms with Gasteiger partial charge in [-0.3, -0.25) is 0 Å². The Balaban J connectivity index is 1.81. The van der Waals surface area contributed by atoms with Crippen LogP contribution in [0.5, 0.6) is 0 Å². The fraction of sp³-hybridized carbons (Fsp3) is 0.647. The van der Waals surface area contributed by atoms with Crippen molar-refractivity contribution < 1.29 is 4.74 Å². The van der Waals surface area contributed by atoms with Gasteiger partial charge in [-0.1, -0.05) is 42.1 Å². The monoisotopic (exact) mass is 361 g/mol. The van der Waals surface area contributed by atoms with Crippen LogP contribution in [0.2, 0.25) is 10.0 Å². The topological polar surface area (TPSA) is 21.3 Å². The number of rotatable bonds is 8. The third-order valence-corrected chi connectivity index (χ3v) is 5.48. The summed E-state index contributed by atoms with van der Waals surface area (Å²) in [7, 11) is 0. The molecular weight excluding hydrogens is 337 g/mol. The van der Waals surface area contributed by atoms with E-state index in [2.05, 4.69) is 11.6 Å². The van der Waals surface area contributed by atoms with Crippen molar-refractivity contribution in [3.05, 3.63) is 33.8 Å². The van der Waals surface area contributed by atoms with Crippen LogP contribution in [0.3, 0.4) is 0 Å². The van der Waals surface area contributed by atoms with Gasteiger partial charge in [-0.05, 0) is 43.2 Å². The van der Waals surface area contributed by atoms with E-state index in [1.54, 1.807) is 0 Å². The molecule has 1 fully saturated rings. The molecule has 0 bridgehead atoms. The standard InChI is InChI=1S/C17H25Cl2NOS/c1-22-12-10-20-16-7-2-3-8-17(16)21-11-9-13-14(18)5-4-6-15(13)19/h4-6,16-17,20H,2-3,7-12H2,1H3/t16-,17?/m1/s1. The van der Waals surface area contributed by atoms with E-state index in [9.17, 15) is 0 Å². The summed E-state index contributed by atoms with van der Waals surface area (Å²) in [4.78, 5) is 0. The first kappa shape index (κ1) is 18.4. The first-order chi connectivity index (χ1) is 10.7. The highest BCUT2D eigenvalue weighted by Crippen LogP contribution is 2.26. The fourth-order valence-corrected chi connectivity index (χ4v) is 3.87. The van der Waals surface area contributed by atoms with Crippen LogP contribution in [-0.4, -0.2) is 37.3 Å². The number of benzene rings is 1. The molecule has 0 aliphatic heterocycles. The minimum Gasteiger partial charge on any atom is -0.376 e. The van der Waals surface area contributed by atoms with Crippen molar-refractivity contribution in [1.29, 1.82) is 0 Å². The number of ether oxygens (including phenoxy) is 1. The van der Waals surface area contributed by atoms with Crippen molar-refractivity contribution in [2.75, 3.05) is 25.2 Å². The van der Waals surface area contributed by atoms with Crippen LogP contribution in [0.4, 0.5) is 0 Å². The van der Waals surface area contributed by atoms with E-state index in [1.165, 1.54) is 19.3 Å². The third-order valence-electron chi connectivity index (χ3n) is 4.16. The molecule has 0 aromatic heterocycles. The van der Waals surface area contributed by atoms with Crippen LogP contribution >= 0.6 is 35.0 Å². The Kier molecular flexibility index (Phi) is 8.40. The molecular formula is C17H25Cl2NOS. The fourth-order valence-electron chi connectivity index (χ4n) is 2.96. The summed E-state index contributed by atoms with van der Waals surface area (Å²) in [6.45, 7) is 1.73. The molecule has 1 aliphatic carbocycles. The maximum Gasteiger partial charge on any atom is 0.0728 e. The second kappa shape index (κ2) is 10.0. The minimum atomic E-state index is 0.317. The van der Waals surface area contributed by atoms with Gasteiger partial charge in [0.25, 0.3) is 0 Å². The molecule has 1 aromatic carbocycles. The molecule has 2 rings (SSSR count). The molecule has 1 unspecified atom stereocenters. The zero-order valence-electron chi connectivity index (χ0n) is 13.1. The molecule has 22 heavy (non-hydrogen) atoms. The normalized spacial score (nSPS) is 22.0. The lowest BCUT2D eigenvalue weighted by Crippen LogP contribution is -2.44. The third kappa shape index (κ3) is 5.61. The predicted octanol–water partition coefficient (Wildman–Crippen LogP) is 4.82. The van der Waals surface area contributed by atoms with Gasteiger partial charge in [0.05, 0.1) is 12.7 Å². The van der Waals surface area contributed by atoms with Gasteiger partial charge >= 0.3 is 0 Å². The van der Waals surface area contributed by atoms with Crippen molar-refractivity contribution in [1.82, 2.24) is 5.32 Å². The molecule has 0 amide bonds. The van der Waals surface area contributed by atoms with Crippen molar-refractivity contribution in [3.8, 4) is 0 Å².